The van der Waals surface area contributed by atoms with Crippen molar-refractivity contribution in [2.45, 2.75) is 17.4 Å². The van der Waals surface area contributed by atoms with Gasteiger partial charge < -0.3 is 0 Å². The van der Waals surface area contributed by atoms with Gasteiger partial charge in [-0.2, -0.15) is 16.1 Å². The van der Waals surface area contributed by atoms with E-state index in [9.17, 15) is 18.5 Å². The first-order valence-electron chi connectivity index (χ1n) is 5.84. The third-order valence-electron chi connectivity index (χ3n) is 3.21. The van der Waals surface area contributed by atoms with Crippen LogP contribution in [0, 0.1) is 10.1 Å². The lowest BCUT2D eigenvalue weighted by Gasteiger charge is -2.23. The van der Waals surface area contributed by atoms with Crippen LogP contribution in [0.5, 0.6) is 0 Å². The Kier molecular flexibility index (Phi) is 4.58. The highest BCUT2D eigenvalue weighted by molar-refractivity contribution is 7.99. The SMILES string of the molecule is CN(C1CCSC1)S(=O)(=O)c1ccc(Cl)c([N+](=O)[O-])c1. The van der Waals surface area contributed by atoms with Crippen molar-refractivity contribution >= 4 is 39.1 Å². The molecule has 0 spiro atoms. The summed E-state index contributed by atoms with van der Waals surface area (Å²) in [5, 5.41) is 10.8. The van der Waals surface area contributed by atoms with Crippen molar-refractivity contribution in [2.75, 3.05) is 18.6 Å². The molecule has 9 heteroatoms. The third-order valence-corrected chi connectivity index (χ3v) is 6.58. The van der Waals surface area contributed by atoms with Crippen LogP contribution in [-0.2, 0) is 10.0 Å². The van der Waals surface area contributed by atoms with E-state index >= 15 is 0 Å². The second kappa shape index (κ2) is 5.88. The van der Waals surface area contributed by atoms with E-state index in [-0.39, 0.29) is 16.0 Å². The molecule has 110 valence electrons. The molecule has 1 saturated heterocycles. The van der Waals surface area contributed by atoms with E-state index < -0.39 is 20.6 Å². The standard InChI is InChI=1S/C11H13ClN2O4S2/c1-13(8-4-5-19-7-8)20(17,18)9-2-3-10(12)11(6-9)14(15)16/h2-3,6,8H,4-5,7H2,1H3. The zero-order chi connectivity index (χ0) is 14.9. The van der Waals surface area contributed by atoms with Crippen molar-refractivity contribution in [1.29, 1.82) is 0 Å². The Labute approximate surface area is 126 Å². The van der Waals surface area contributed by atoms with E-state index in [1.807, 2.05) is 0 Å². The molecule has 20 heavy (non-hydrogen) atoms. The predicted octanol–water partition coefficient (Wildman–Crippen LogP) is 2.37. The Hall–Kier alpha value is -0.830. The highest BCUT2D eigenvalue weighted by atomic mass is 35.5. The number of halogens is 1. The van der Waals surface area contributed by atoms with Gasteiger partial charge in [0.15, 0.2) is 0 Å². The van der Waals surface area contributed by atoms with Crippen LogP contribution in [-0.4, -0.2) is 42.2 Å². The van der Waals surface area contributed by atoms with Crippen LogP contribution in [0.1, 0.15) is 6.42 Å². The molecule has 1 unspecified atom stereocenters. The summed E-state index contributed by atoms with van der Waals surface area (Å²) in [6, 6.07) is 3.48. The molecule has 0 amide bonds. The van der Waals surface area contributed by atoms with Crippen LogP contribution in [0.2, 0.25) is 5.02 Å². The van der Waals surface area contributed by atoms with Crippen molar-refractivity contribution in [1.82, 2.24) is 4.31 Å². The number of nitro groups is 1. The minimum atomic E-state index is -3.74. The number of sulfonamides is 1. The molecule has 0 radical (unpaired) electrons. The smallest absolute Gasteiger partial charge is 0.258 e. The summed E-state index contributed by atoms with van der Waals surface area (Å²) in [7, 11) is -2.23. The van der Waals surface area contributed by atoms with E-state index in [1.165, 1.54) is 23.5 Å². The molecular weight excluding hydrogens is 324 g/mol. The van der Waals surface area contributed by atoms with E-state index in [0.29, 0.717) is 0 Å². The minimum Gasteiger partial charge on any atom is -0.258 e. The Balaban J connectivity index is 2.38. The first-order valence-corrected chi connectivity index (χ1v) is 8.81. The number of hydrogen-bond acceptors (Lipinski definition) is 5. The van der Waals surface area contributed by atoms with Gasteiger partial charge in [0, 0.05) is 24.9 Å². The fourth-order valence-corrected chi connectivity index (χ4v) is 4.92. The molecule has 1 atom stereocenters. The van der Waals surface area contributed by atoms with Gasteiger partial charge in [0.1, 0.15) is 5.02 Å². The Morgan fingerprint density at radius 3 is 2.75 bits per heavy atom. The normalized spacial score (nSPS) is 19.4. The zero-order valence-corrected chi connectivity index (χ0v) is 13.0. The first-order chi connectivity index (χ1) is 9.34. The van der Waals surface area contributed by atoms with Gasteiger partial charge in [0.2, 0.25) is 10.0 Å². The quantitative estimate of drug-likeness (QED) is 0.623. The second-order valence-electron chi connectivity index (χ2n) is 4.41. The van der Waals surface area contributed by atoms with E-state index in [4.69, 9.17) is 11.6 Å². The van der Waals surface area contributed by atoms with Gasteiger partial charge in [-0.25, -0.2) is 8.42 Å². The fourth-order valence-electron chi connectivity index (χ4n) is 1.96. The molecule has 0 bridgehead atoms. The Morgan fingerprint density at radius 1 is 1.50 bits per heavy atom. The monoisotopic (exact) mass is 336 g/mol. The summed E-state index contributed by atoms with van der Waals surface area (Å²) in [5.41, 5.74) is -0.401. The number of hydrogen-bond donors (Lipinski definition) is 0. The molecule has 6 nitrogen and oxygen atoms in total. The highest BCUT2D eigenvalue weighted by Gasteiger charge is 2.31. The van der Waals surface area contributed by atoms with Gasteiger partial charge in [-0.15, -0.1) is 0 Å². The van der Waals surface area contributed by atoms with Crippen LogP contribution in [0.25, 0.3) is 0 Å². The van der Waals surface area contributed by atoms with Crippen molar-refractivity contribution in [3.05, 3.63) is 33.3 Å². The summed E-state index contributed by atoms with van der Waals surface area (Å²) in [5.74, 6) is 1.66. The molecular formula is C11H13ClN2O4S2. The lowest BCUT2D eigenvalue weighted by molar-refractivity contribution is -0.384. The summed E-state index contributed by atoms with van der Waals surface area (Å²) >= 11 is 7.39. The maximum Gasteiger partial charge on any atom is 0.289 e. The predicted molar refractivity (Wildman–Crippen MR) is 78.8 cm³/mol. The van der Waals surface area contributed by atoms with Gasteiger partial charge in [-0.05, 0) is 24.3 Å². The second-order valence-corrected chi connectivity index (χ2v) is 7.96. The number of nitro benzene ring substituents is 1. The Morgan fingerprint density at radius 2 is 2.20 bits per heavy atom. The zero-order valence-electron chi connectivity index (χ0n) is 10.7. The van der Waals surface area contributed by atoms with Crippen LogP contribution < -0.4 is 0 Å². The van der Waals surface area contributed by atoms with Crippen LogP contribution >= 0.6 is 23.4 Å². The summed E-state index contributed by atoms with van der Waals surface area (Å²) in [6.07, 6.45) is 0.788. The Bertz CT molecular complexity index is 629. The molecule has 1 aliphatic heterocycles. The molecule has 1 aliphatic rings. The number of thioether (sulfide) groups is 1. The van der Waals surface area contributed by atoms with E-state index in [1.54, 1.807) is 11.8 Å². The largest absolute Gasteiger partial charge is 0.289 e. The molecule has 1 aromatic rings. The van der Waals surface area contributed by atoms with Crippen molar-refractivity contribution in [2.24, 2.45) is 0 Å². The average molecular weight is 337 g/mol. The van der Waals surface area contributed by atoms with Gasteiger partial charge in [0.25, 0.3) is 5.69 Å². The topological polar surface area (TPSA) is 80.5 Å². The third kappa shape index (κ3) is 2.93. The van der Waals surface area contributed by atoms with E-state index in [2.05, 4.69) is 0 Å². The number of benzene rings is 1. The molecule has 0 aromatic heterocycles. The van der Waals surface area contributed by atoms with Gasteiger partial charge in [-0.3, -0.25) is 10.1 Å². The lowest BCUT2D eigenvalue weighted by Crippen LogP contribution is -2.36. The van der Waals surface area contributed by atoms with Crippen LogP contribution in [0.15, 0.2) is 23.1 Å². The number of rotatable bonds is 4. The number of nitrogens with zero attached hydrogens (tertiary/aromatic N) is 2. The first kappa shape index (κ1) is 15.6. The van der Waals surface area contributed by atoms with Gasteiger partial charge >= 0.3 is 0 Å². The molecule has 0 aliphatic carbocycles. The summed E-state index contributed by atoms with van der Waals surface area (Å²) in [4.78, 5) is 10.0. The van der Waals surface area contributed by atoms with Crippen molar-refractivity contribution in [3.8, 4) is 0 Å². The molecule has 2 rings (SSSR count). The summed E-state index contributed by atoms with van der Waals surface area (Å²) in [6.45, 7) is 0. The average Bonchev–Trinajstić information content (AvgIpc) is 2.91. The molecule has 0 saturated carbocycles. The van der Waals surface area contributed by atoms with Crippen LogP contribution in [0.4, 0.5) is 5.69 Å². The molecule has 1 heterocycles. The summed E-state index contributed by atoms with van der Waals surface area (Å²) < 4.78 is 26.2. The molecule has 0 N–H and O–H groups in total. The van der Waals surface area contributed by atoms with Crippen molar-refractivity contribution in [3.63, 3.8) is 0 Å². The van der Waals surface area contributed by atoms with Crippen molar-refractivity contribution < 1.29 is 13.3 Å². The molecule has 1 fully saturated rings. The minimum absolute atomic E-state index is 0.0697. The van der Waals surface area contributed by atoms with E-state index in [0.717, 1.165) is 24.0 Å². The highest BCUT2D eigenvalue weighted by Crippen LogP contribution is 2.30. The lowest BCUT2D eigenvalue weighted by atomic mass is 10.3. The van der Waals surface area contributed by atoms with Gasteiger partial charge in [0.05, 0.1) is 9.82 Å². The van der Waals surface area contributed by atoms with Gasteiger partial charge in [-0.1, -0.05) is 11.6 Å². The maximum absolute atomic E-state index is 12.5. The maximum atomic E-state index is 12.5. The van der Waals surface area contributed by atoms with Crippen LogP contribution in [0.3, 0.4) is 0 Å². The molecule has 1 aromatic carbocycles. The fraction of sp³-hybridized carbons (Fsp3) is 0.455.